The maximum Gasteiger partial charge on any atom is 0.236 e. The lowest BCUT2D eigenvalue weighted by Gasteiger charge is -2.26. The summed E-state index contributed by atoms with van der Waals surface area (Å²) in [5, 5.41) is 6.05. The predicted molar refractivity (Wildman–Crippen MR) is 158 cm³/mol. The number of amides is 1. The van der Waals surface area contributed by atoms with Crippen molar-refractivity contribution in [2.24, 2.45) is 5.73 Å². The zero-order valence-corrected chi connectivity index (χ0v) is 24.6. The normalized spacial score (nSPS) is 12.5. The standard InChI is InChI=1S/C12H21N3O.C5H9N.C5H12.C3H8.2C2H6/c1-9(2)8-14-10(3)11-5-4-6-15(11)12(16)7-13;1-3-5-6-4-2;1-3-5-4-2;1-3-2;2*1-2/h11,14H,1,3-8,13H2,2H3;3-4,6H,1-2,5H2;3-5H2,1-2H3;3H2,1-2H3;2*1-2H3. The van der Waals surface area contributed by atoms with Crippen LogP contribution in [0.1, 0.15) is 101 Å². The van der Waals surface area contributed by atoms with E-state index < -0.39 is 0 Å². The van der Waals surface area contributed by atoms with Crippen LogP contribution in [0.3, 0.4) is 0 Å². The Bertz CT molecular complexity index is 451. The number of nitrogens with two attached hydrogens (primary N) is 1. The van der Waals surface area contributed by atoms with Gasteiger partial charge in [0.1, 0.15) is 0 Å². The molecule has 1 aliphatic heterocycles. The fraction of sp³-hybridized carbons (Fsp3) is 0.690. The van der Waals surface area contributed by atoms with Gasteiger partial charge < -0.3 is 21.3 Å². The topological polar surface area (TPSA) is 70.4 Å². The number of hydrogen-bond donors (Lipinski definition) is 3. The first kappa shape index (κ1) is 42.2. The summed E-state index contributed by atoms with van der Waals surface area (Å²) in [4.78, 5) is 13.4. The van der Waals surface area contributed by atoms with Gasteiger partial charge in [0.2, 0.25) is 5.91 Å². The van der Waals surface area contributed by atoms with Gasteiger partial charge >= 0.3 is 0 Å². The second kappa shape index (κ2) is 38.3. The van der Waals surface area contributed by atoms with Gasteiger partial charge in [-0.1, -0.05) is 112 Å². The van der Waals surface area contributed by atoms with Crippen molar-refractivity contribution in [3.8, 4) is 0 Å². The highest BCUT2D eigenvalue weighted by Crippen LogP contribution is 2.21. The molecule has 1 rings (SSSR count). The number of unbranched alkanes of at least 4 members (excludes halogenated alkanes) is 2. The van der Waals surface area contributed by atoms with Crippen molar-refractivity contribution in [1.82, 2.24) is 15.5 Å². The van der Waals surface area contributed by atoms with Crippen LogP contribution in [-0.4, -0.2) is 43.0 Å². The quantitative estimate of drug-likeness (QED) is 0.228. The van der Waals surface area contributed by atoms with Gasteiger partial charge in [0.05, 0.1) is 12.6 Å². The van der Waals surface area contributed by atoms with Crippen LogP contribution in [0.15, 0.2) is 49.9 Å². The molecule has 1 saturated heterocycles. The van der Waals surface area contributed by atoms with E-state index >= 15 is 0 Å². The summed E-state index contributed by atoms with van der Waals surface area (Å²) >= 11 is 0. The molecule has 1 amide bonds. The van der Waals surface area contributed by atoms with Crippen molar-refractivity contribution in [2.75, 3.05) is 26.2 Å². The average Bonchev–Trinajstić information content (AvgIpc) is 3.35. The van der Waals surface area contributed by atoms with E-state index in [0.29, 0.717) is 6.54 Å². The summed E-state index contributed by atoms with van der Waals surface area (Å²) in [6, 6.07) is 0.0930. The molecular formula is C29H62N4O. The van der Waals surface area contributed by atoms with Crippen LogP contribution in [0.5, 0.6) is 0 Å². The van der Waals surface area contributed by atoms with Crippen LogP contribution in [0, 0.1) is 0 Å². The second-order valence-electron chi connectivity index (χ2n) is 7.25. The number of likely N-dealkylation sites (tertiary alicyclic amines) is 1. The maximum atomic E-state index is 11.6. The monoisotopic (exact) mass is 482 g/mol. The molecule has 1 unspecified atom stereocenters. The van der Waals surface area contributed by atoms with Crippen LogP contribution in [-0.2, 0) is 4.79 Å². The highest BCUT2D eigenvalue weighted by atomic mass is 16.2. The SMILES string of the molecule is C=C(C)CNC(=C)C1CCCN1C(=O)CN.C=CCNC=C.CC.CC.CCC.CCCCC. The molecule has 1 atom stereocenters. The van der Waals surface area contributed by atoms with E-state index in [9.17, 15) is 4.79 Å². The van der Waals surface area contributed by atoms with E-state index in [1.807, 2.05) is 39.5 Å². The number of hydrogen-bond acceptors (Lipinski definition) is 4. The van der Waals surface area contributed by atoms with Crippen LogP contribution in [0.4, 0.5) is 0 Å². The molecule has 1 heterocycles. The van der Waals surface area contributed by atoms with E-state index in [-0.39, 0.29) is 18.5 Å². The van der Waals surface area contributed by atoms with Crippen molar-refractivity contribution in [3.05, 3.63) is 49.9 Å². The van der Waals surface area contributed by atoms with E-state index in [1.165, 1.54) is 25.7 Å². The summed E-state index contributed by atoms with van der Waals surface area (Å²) in [7, 11) is 0. The van der Waals surface area contributed by atoms with Crippen LogP contribution >= 0.6 is 0 Å². The summed E-state index contributed by atoms with van der Waals surface area (Å²) in [6.45, 7) is 35.7. The van der Waals surface area contributed by atoms with Gasteiger partial charge in [-0.25, -0.2) is 0 Å². The third-order valence-corrected chi connectivity index (χ3v) is 3.88. The molecule has 0 aliphatic carbocycles. The summed E-state index contributed by atoms with van der Waals surface area (Å²) < 4.78 is 0. The molecule has 204 valence electrons. The summed E-state index contributed by atoms with van der Waals surface area (Å²) in [5.74, 6) is 0.000718. The first-order valence-electron chi connectivity index (χ1n) is 13.3. The Morgan fingerprint density at radius 3 is 1.85 bits per heavy atom. The highest BCUT2D eigenvalue weighted by Gasteiger charge is 2.29. The smallest absolute Gasteiger partial charge is 0.236 e. The number of nitrogens with zero attached hydrogens (tertiary/aromatic N) is 1. The lowest BCUT2D eigenvalue weighted by molar-refractivity contribution is -0.129. The van der Waals surface area contributed by atoms with Crippen molar-refractivity contribution >= 4 is 5.91 Å². The highest BCUT2D eigenvalue weighted by molar-refractivity contribution is 5.79. The molecule has 0 radical (unpaired) electrons. The van der Waals surface area contributed by atoms with Gasteiger partial charge in [0.15, 0.2) is 0 Å². The third-order valence-electron chi connectivity index (χ3n) is 3.88. The minimum atomic E-state index is 0.000718. The van der Waals surface area contributed by atoms with Gasteiger partial charge in [-0.05, 0) is 26.0 Å². The zero-order valence-electron chi connectivity index (χ0n) is 24.6. The number of nitrogens with one attached hydrogen (secondary N) is 2. The van der Waals surface area contributed by atoms with Crippen molar-refractivity contribution < 1.29 is 4.79 Å². The van der Waals surface area contributed by atoms with Gasteiger partial charge in [0, 0.05) is 25.3 Å². The molecule has 0 aromatic rings. The lowest BCUT2D eigenvalue weighted by atomic mass is 10.1. The van der Waals surface area contributed by atoms with Gasteiger partial charge in [-0.15, -0.1) is 6.58 Å². The van der Waals surface area contributed by atoms with E-state index in [1.54, 1.807) is 12.3 Å². The first-order valence-corrected chi connectivity index (χ1v) is 13.3. The number of carbonyl (C=O) groups excluding carboxylic acids is 1. The third kappa shape index (κ3) is 32.2. The predicted octanol–water partition coefficient (Wildman–Crippen LogP) is 7.19. The van der Waals surface area contributed by atoms with Crippen LogP contribution < -0.4 is 16.4 Å². The van der Waals surface area contributed by atoms with Gasteiger partial charge in [0.25, 0.3) is 0 Å². The molecule has 0 aromatic carbocycles. The van der Waals surface area contributed by atoms with E-state index in [0.717, 1.165) is 37.2 Å². The minimum absolute atomic E-state index is 0.000718. The van der Waals surface area contributed by atoms with Crippen molar-refractivity contribution in [2.45, 2.75) is 107 Å². The van der Waals surface area contributed by atoms with Crippen LogP contribution in [0.25, 0.3) is 0 Å². The Hall–Kier alpha value is -2.01. The molecule has 34 heavy (non-hydrogen) atoms. The Kier molecular flexibility index (Phi) is 47.5. The Balaban J connectivity index is -0.000000129. The first-order chi connectivity index (χ1) is 16.3. The molecule has 1 fully saturated rings. The Morgan fingerprint density at radius 1 is 1.06 bits per heavy atom. The molecular weight excluding hydrogens is 420 g/mol. The van der Waals surface area contributed by atoms with Crippen LogP contribution in [0.2, 0.25) is 0 Å². The van der Waals surface area contributed by atoms with Crippen molar-refractivity contribution in [1.29, 1.82) is 0 Å². The zero-order chi connectivity index (χ0) is 27.8. The minimum Gasteiger partial charge on any atom is -0.388 e. The summed E-state index contributed by atoms with van der Waals surface area (Å²) in [6.07, 6.45) is 10.7. The lowest BCUT2D eigenvalue weighted by Crippen LogP contribution is -2.42. The Morgan fingerprint density at radius 2 is 1.56 bits per heavy atom. The average molecular weight is 483 g/mol. The second-order valence-corrected chi connectivity index (χ2v) is 7.25. The molecule has 0 spiro atoms. The molecule has 0 bridgehead atoms. The molecule has 4 N–H and O–H groups in total. The molecule has 0 saturated carbocycles. The molecule has 5 heteroatoms. The van der Waals surface area contributed by atoms with E-state index in [2.05, 4.69) is 64.6 Å². The Labute approximate surface area is 215 Å². The summed E-state index contributed by atoms with van der Waals surface area (Å²) in [5.41, 5.74) is 7.32. The number of carbonyl (C=O) groups is 1. The van der Waals surface area contributed by atoms with E-state index in [4.69, 9.17) is 5.73 Å². The van der Waals surface area contributed by atoms with Crippen molar-refractivity contribution in [3.63, 3.8) is 0 Å². The fourth-order valence-corrected chi connectivity index (χ4v) is 2.45. The fourth-order valence-electron chi connectivity index (χ4n) is 2.45. The number of rotatable bonds is 10. The van der Waals surface area contributed by atoms with Gasteiger partial charge in [-0.2, -0.15) is 0 Å². The van der Waals surface area contributed by atoms with Gasteiger partial charge in [-0.3, -0.25) is 4.79 Å². The molecule has 5 nitrogen and oxygen atoms in total. The maximum absolute atomic E-state index is 11.6. The largest absolute Gasteiger partial charge is 0.388 e. The molecule has 0 aromatic heterocycles. The molecule has 1 aliphatic rings.